The average molecular weight is 316 g/mol. The number of amides is 2. The van der Waals surface area contributed by atoms with Crippen molar-refractivity contribution in [3.8, 4) is 0 Å². The minimum atomic E-state index is -1.41. The first-order chi connectivity index (χ1) is 10.9. The van der Waals surface area contributed by atoms with E-state index in [1.54, 1.807) is 17.9 Å². The topological polar surface area (TPSA) is 69.6 Å². The van der Waals surface area contributed by atoms with Crippen LogP contribution < -0.4 is 5.32 Å². The van der Waals surface area contributed by atoms with E-state index >= 15 is 0 Å². The predicted molar refractivity (Wildman–Crippen MR) is 89.3 cm³/mol. The van der Waals surface area contributed by atoms with Crippen LogP contribution in [0.3, 0.4) is 0 Å². The van der Waals surface area contributed by atoms with Crippen LogP contribution in [0.1, 0.15) is 38.7 Å². The molecule has 2 amide bonds. The van der Waals surface area contributed by atoms with Gasteiger partial charge in [-0.15, -0.1) is 0 Å². The fourth-order valence-corrected chi connectivity index (χ4v) is 2.48. The minimum Gasteiger partial charge on any atom is -0.380 e. The van der Waals surface area contributed by atoms with E-state index in [-0.39, 0.29) is 12.1 Å². The van der Waals surface area contributed by atoms with Crippen LogP contribution in [0.25, 0.3) is 6.08 Å². The van der Waals surface area contributed by atoms with E-state index in [0.29, 0.717) is 19.4 Å². The molecular weight excluding hydrogens is 292 g/mol. The summed E-state index contributed by atoms with van der Waals surface area (Å²) in [7, 11) is 0. The number of likely N-dealkylation sites (tertiary alicyclic amines) is 1. The molecule has 0 spiro atoms. The standard InChI is InChI=1S/C18H24N2O3/c1-3-18(2,23)17(22)19-15-10-7-13-20(15)16(21)12-11-14-8-5-4-6-9-14/h4-6,8-9,11-12,15,23H,3,7,10,13H2,1-2H3,(H,19,22)/b12-11+/t15-,18+/m1/s1. The Bertz CT molecular complexity index is 581. The lowest BCUT2D eigenvalue weighted by molar-refractivity contribution is -0.141. The van der Waals surface area contributed by atoms with Crippen molar-refractivity contribution < 1.29 is 14.7 Å². The van der Waals surface area contributed by atoms with Crippen LogP contribution in [-0.4, -0.2) is 40.1 Å². The molecular formula is C18H24N2O3. The molecule has 0 unspecified atom stereocenters. The molecule has 0 bridgehead atoms. The van der Waals surface area contributed by atoms with Crippen LogP contribution in [0.15, 0.2) is 36.4 Å². The van der Waals surface area contributed by atoms with Crippen LogP contribution >= 0.6 is 0 Å². The molecule has 1 aliphatic rings. The van der Waals surface area contributed by atoms with Crippen molar-refractivity contribution in [2.75, 3.05) is 6.54 Å². The fourth-order valence-electron chi connectivity index (χ4n) is 2.48. The number of rotatable bonds is 5. The maximum absolute atomic E-state index is 12.4. The Morgan fingerprint density at radius 3 is 2.74 bits per heavy atom. The van der Waals surface area contributed by atoms with E-state index in [1.165, 1.54) is 13.0 Å². The number of nitrogens with one attached hydrogen (secondary N) is 1. The van der Waals surface area contributed by atoms with Crippen molar-refractivity contribution in [1.29, 1.82) is 0 Å². The highest BCUT2D eigenvalue weighted by Crippen LogP contribution is 2.18. The molecule has 5 nitrogen and oxygen atoms in total. The molecule has 0 radical (unpaired) electrons. The van der Waals surface area contributed by atoms with Crippen molar-refractivity contribution >= 4 is 17.9 Å². The quantitative estimate of drug-likeness (QED) is 0.816. The molecule has 2 N–H and O–H groups in total. The third-order valence-electron chi connectivity index (χ3n) is 4.23. The average Bonchev–Trinajstić information content (AvgIpc) is 3.01. The monoisotopic (exact) mass is 316 g/mol. The van der Waals surface area contributed by atoms with Gasteiger partial charge in [-0.3, -0.25) is 9.59 Å². The van der Waals surface area contributed by atoms with Gasteiger partial charge in [0.15, 0.2) is 0 Å². The van der Waals surface area contributed by atoms with Crippen LogP contribution in [0.4, 0.5) is 0 Å². The predicted octanol–water partition coefficient (Wildman–Crippen LogP) is 1.93. The summed E-state index contributed by atoms with van der Waals surface area (Å²) in [5.41, 5.74) is -0.452. The lowest BCUT2D eigenvalue weighted by atomic mass is 10.0. The molecule has 0 saturated carbocycles. The summed E-state index contributed by atoms with van der Waals surface area (Å²) in [6, 6.07) is 9.59. The zero-order valence-electron chi connectivity index (χ0n) is 13.7. The van der Waals surface area contributed by atoms with Gasteiger partial charge >= 0.3 is 0 Å². The first-order valence-electron chi connectivity index (χ1n) is 8.01. The minimum absolute atomic E-state index is 0.132. The van der Waals surface area contributed by atoms with E-state index in [1.807, 2.05) is 30.3 Å². The zero-order valence-corrected chi connectivity index (χ0v) is 13.7. The van der Waals surface area contributed by atoms with Crippen molar-refractivity contribution in [3.63, 3.8) is 0 Å². The normalized spacial score (nSPS) is 20.5. The van der Waals surface area contributed by atoms with Crippen molar-refractivity contribution in [2.24, 2.45) is 0 Å². The summed E-state index contributed by atoms with van der Waals surface area (Å²) in [6.07, 6.45) is 4.81. The Morgan fingerprint density at radius 2 is 2.09 bits per heavy atom. The Balaban J connectivity index is 1.99. The maximum Gasteiger partial charge on any atom is 0.253 e. The number of nitrogens with zero attached hydrogens (tertiary/aromatic N) is 1. The Kier molecular flexibility index (Phi) is 5.55. The van der Waals surface area contributed by atoms with Crippen LogP contribution in [0.2, 0.25) is 0 Å². The van der Waals surface area contributed by atoms with Gasteiger partial charge in [0, 0.05) is 12.6 Å². The highest BCUT2D eigenvalue weighted by Gasteiger charge is 2.34. The molecule has 23 heavy (non-hydrogen) atoms. The van der Waals surface area contributed by atoms with Gasteiger partial charge in [-0.2, -0.15) is 0 Å². The van der Waals surface area contributed by atoms with Gasteiger partial charge in [-0.25, -0.2) is 0 Å². The Hall–Kier alpha value is -2.14. The summed E-state index contributed by atoms with van der Waals surface area (Å²) < 4.78 is 0. The SMILES string of the molecule is CC[C@](C)(O)C(=O)N[C@H]1CCCN1C(=O)/C=C/c1ccccc1. The molecule has 1 heterocycles. The van der Waals surface area contributed by atoms with Crippen LogP contribution in [-0.2, 0) is 9.59 Å². The molecule has 2 atom stereocenters. The van der Waals surface area contributed by atoms with Gasteiger partial charge in [-0.1, -0.05) is 37.3 Å². The summed E-state index contributed by atoms with van der Waals surface area (Å²) in [6.45, 7) is 3.84. The molecule has 5 heteroatoms. The third kappa shape index (κ3) is 4.42. The highest BCUT2D eigenvalue weighted by molar-refractivity contribution is 5.92. The van der Waals surface area contributed by atoms with Gasteiger partial charge in [0.1, 0.15) is 11.8 Å². The molecule has 124 valence electrons. The van der Waals surface area contributed by atoms with E-state index in [9.17, 15) is 14.7 Å². The second-order valence-electron chi connectivity index (χ2n) is 6.03. The van der Waals surface area contributed by atoms with Gasteiger partial charge < -0.3 is 15.3 Å². The number of benzene rings is 1. The number of carbonyl (C=O) groups excluding carboxylic acids is 2. The van der Waals surface area contributed by atoms with Gasteiger partial charge in [0.25, 0.3) is 5.91 Å². The van der Waals surface area contributed by atoms with E-state index in [0.717, 1.165) is 12.0 Å². The van der Waals surface area contributed by atoms with E-state index < -0.39 is 11.5 Å². The molecule has 0 aromatic heterocycles. The lowest BCUT2D eigenvalue weighted by Crippen LogP contribution is -2.53. The van der Waals surface area contributed by atoms with E-state index in [4.69, 9.17) is 0 Å². The summed E-state index contributed by atoms with van der Waals surface area (Å²) in [5.74, 6) is -0.565. The molecule has 1 aromatic carbocycles. The second-order valence-corrected chi connectivity index (χ2v) is 6.03. The van der Waals surface area contributed by atoms with Crippen molar-refractivity contribution in [1.82, 2.24) is 10.2 Å². The Labute approximate surface area is 137 Å². The largest absolute Gasteiger partial charge is 0.380 e. The molecule has 1 aromatic rings. The number of aliphatic hydroxyl groups is 1. The molecule has 2 rings (SSSR count). The fraction of sp³-hybridized carbons (Fsp3) is 0.444. The first kappa shape index (κ1) is 17.2. The smallest absolute Gasteiger partial charge is 0.253 e. The van der Waals surface area contributed by atoms with Crippen LogP contribution in [0, 0.1) is 0 Å². The first-order valence-corrected chi connectivity index (χ1v) is 8.01. The van der Waals surface area contributed by atoms with E-state index in [2.05, 4.69) is 5.32 Å². The Morgan fingerprint density at radius 1 is 1.39 bits per heavy atom. The number of hydrogen-bond acceptors (Lipinski definition) is 3. The highest BCUT2D eigenvalue weighted by atomic mass is 16.3. The third-order valence-corrected chi connectivity index (χ3v) is 4.23. The summed E-state index contributed by atoms with van der Waals surface area (Å²) in [4.78, 5) is 26.1. The van der Waals surface area contributed by atoms with Gasteiger partial charge in [-0.05, 0) is 37.8 Å². The summed E-state index contributed by atoms with van der Waals surface area (Å²) >= 11 is 0. The molecule has 0 aliphatic carbocycles. The van der Waals surface area contributed by atoms with Gasteiger partial charge in [0.05, 0.1) is 0 Å². The second kappa shape index (κ2) is 7.42. The van der Waals surface area contributed by atoms with Crippen molar-refractivity contribution in [3.05, 3.63) is 42.0 Å². The zero-order chi connectivity index (χ0) is 16.9. The van der Waals surface area contributed by atoms with Crippen molar-refractivity contribution in [2.45, 2.75) is 44.9 Å². The summed E-state index contributed by atoms with van der Waals surface area (Å²) in [5, 5.41) is 12.8. The number of hydrogen-bond donors (Lipinski definition) is 2. The molecule has 1 fully saturated rings. The van der Waals surface area contributed by atoms with Gasteiger partial charge in [0.2, 0.25) is 5.91 Å². The molecule has 1 saturated heterocycles. The maximum atomic E-state index is 12.4. The van der Waals surface area contributed by atoms with Crippen LogP contribution in [0.5, 0.6) is 0 Å². The number of carbonyl (C=O) groups is 2. The molecule has 1 aliphatic heterocycles. The lowest BCUT2D eigenvalue weighted by Gasteiger charge is -2.28.